The molecule has 1 aromatic heterocycles. The van der Waals surface area contributed by atoms with E-state index < -0.39 is 12.0 Å². The van der Waals surface area contributed by atoms with Gasteiger partial charge in [-0.2, -0.15) is 5.10 Å². The molecule has 8 heteroatoms. The molecule has 0 aromatic carbocycles. The number of carbonyl (C=O) groups excluding carboxylic acids is 1. The summed E-state index contributed by atoms with van der Waals surface area (Å²) in [4.78, 5) is 21.2. The van der Waals surface area contributed by atoms with Crippen molar-refractivity contribution < 1.29 is 19.2 Å². The monoisotopic (exact) mass is 226 g/mol. The van der Waals surface area contributed by atoms with Gasteiger partial charge in [-0.25, -0.2) is 15.0 Å². The highest BCUT2D eigenvalue weighted by atomic mass is 16.5. The van der Waals surface area contributed by atoms with Gasteiger partial charge in [-0.1, -0.05) is 5.16 Å². The lowest BCUT2D eigenvalue weighted by Crippen LogP contribution is -2.25. The minimum absolute atomic E-state index is 0.223. The van der Waals surface area contributed by atoms with Gasteiger partial charge in [0.25, 0.3) is 0 Å². The van der Waals surface area contributed by atoms with E-state index in [-0.39, 0.29) is 17.0 Å². The van der Waals surface area contributed by atoms with Gasteiger partial charge in [-0.3, -0.25) is 0 Å². The zero-order chi connectivity index (χ0) is 12.3. The molecule has 1 aromatic rings. The molecule has 0 saturated heterocycles. The summed E-state index contributed by atoms with van der Waals surface area (Å²) < 4.78 is 4.73. The van der Waals surface area contributed by atoms with Crippen LogP contribution in [0.25, 0.3) is 0 Å². The van der Waals surface area contributed by atoms with Crippen molar-refractivity contribution in [2.75, 3.05) is 0 Å². The molecule has 0 spiro atoms. The molecule has 0 fully saturated rings. The number of aryl methyl sites for hydroxylation is 1. The lowest BCUT2D eigenvalue weighted by atomic mass is 10.1. The third-order valence-corrected chi connectivity index (χ3v) is 1.76. The second-order valence-corrected chi connectivity index (χ2v) is 2.94. The summed E-state index contributed by atoms with van der Waals surface area (Å²) in [6, 6.07) is -0.842. The fraction of sp³-hybridized carbons (Fsp3) is 0.250. The number of aromatic carboxylic acids is 1. The molecule has 8 nitrogen and oxygen atoms in total. The second kappa shape index (κ2) is 4.43. The maximum absolute atomic E-state index is 10.8. The number of hydrazone groups is 1. The van der Waals surface area contributed by atoms with Crippen LogP contribution >= 0.6 is 0 Å². The van der Waals surface area contributed by atoms with E-state index in [4.69, 9.17) is 15.4 Å². The summed E-state index contributed by atoms with van der Waals surface area (Å²) >= 11 is 0. The van der Waals surface area contributed by atoms with Gasteiger partial charge >= 0.3 is 12.0 Å². The number of nitrogens with zero attached hydrogens (tertiary/aromatic N) is 2. The van der Waals surface area contributed by atoms with Crippen LogP contribution in [0.3, 0.4) is 0 Å². The first-order valence-corrected chi connectivity index (χ1v) is 4.23. The third-order valence-electron chi connectivity index (χ3n) is 1.76. The molecular formula is C8H10N4O4. The van der Waals surface area contributed by atoms with Crippen LogP contribution in [-0.2, 0) is 0 Å². The first-order valence-electron chi connectivity index (χ1n) is 4.23. The summed E-state index contributed by atoms with van der Waals surface area (Å²) in [5.41, 5.74) is 7.02. The van der Waals surface area contributed by atoms with E-state index >= 15 is 0 Å². The Morgan fingerprint density at radius 2 is 2.19 bits per heavy atom. The van der Waals surface area contributed by atoms with Crippen molar-refractivity contribution in [3.05, 3.63) is 17.0 Å². The molecule has 0 atom stereocenters. The maximum atomic E-state index is 10.8. The van der Waals surface area contributed by atoms with Gasteiger partial charge < -0.3 is 15.4 Å². The highest BCUT2D eigenvalue weighted by Crippen LogP contribution is 2.14. The van der Waals surface area contributed by atoms with Crippen LogP contribution in [0.4, 0.5) is 4.79 Å². The number of primary amides is 1. The second-order valence-electron chi connectivity index (χ2n) is 2.94. The maximum Gasteiger partial charge on any atom is 0.358 e. The Labute approximate surface area is 90.1 Å². The Hall–Kier alpha value is -2.38. The van der Waals surface area contributed by atoms with Gasteiger partial charge in [0.2, 0.25) is 5.69 Å². The zero-order valence-electron chi connectivity index (χ0n) is 8.64. The molecule has 0 radical (unpaired) electrons. The topological polar surface area (TPSA) is 131 Å². The van der Waals surface area contributed by atoms with Crippen LogP contribution in [0, 0.1) is 6.92 Å². The number of nitrogens with two attached hydrogens (primary N) is 1. The Bertz CT molecular complexity index is 463. The molecule has 1 rings (SSSR count). The molecule has 0 bridgehead atoms. The third kappa shape index (κ3) is 2.35. The Morgan fingerprint density at radius 1 is 1.56 bits per heavy atom. The van der Waals surface area contributed by atoms with Gasteiger partial charge in [0.05, 0.1) is 11.3 Å². The van der Waals surface area contributed by atoms with Crippen molar-refractivity contribution in [2.24, 2.45) is 10.8 Å². The Morgan fingerprint density at radius 3 is 2.69 bits per heavy atom. The average molecular weight is 226 g/mol. The molecule has 1 heterocycles. The number of nitrogens with one attached hydrogen (secondary N) is 1. The molecule has 0 unspecified atom stereocenters. The molecule has 4 N–H and O–H groups in total. The van der Waals surface area contributed by atoms with Crippen molar-refractivity contribution >= 4 is 17.7 Å². The first kappa shape index (κ1) is 11.7. The van der Waals surface area contributed by atoms with E-state index in [0.717, 1.165) is 0 Å². The first-order chi connectivity index (χ1) is 7.43. The SMILES string of the molecule is C/C(=N\NC(N)=O)c1c(C(=O)O)noc1C. The number of carbonyl (C=O) groups is 2. The number of carboxylic acid groups (broad SMARTS) is 1. The number of hydrogen-bond acceptors (Lipinski definition) is 5. The molecule has 2 amide bonds. The minimum Gasteiger partial charge on any atom is -0.476 e. The van der Waals surface area contributed by atoms with Crippen LogP contribution in [0.5, 0.6) is 0 Å². The number of rotatable bonds is 3. The van der Waals surface area contributed by atoms with Gasteiger partial charge in [0, 0.05) is 0 Å². The standard InChI is InChI=1S/C8H10N4O4/c1-3(10-11-8(9)15)5-4(2)16-12-6(5)7(13)14/h1-2H3,(H,13,14)(H3,9,11,15)/b10-3+. The van der Waals surface area contributed by atoms with Crippen LogP contribution in [0.1, 0.15) is 28.7 Å². The van der Waals surface area contributed by atoms with Gasteiger partial charge in [0.15, 0.2) is 0 Å². The zero-order valence-corrected chi connectivity index (χ0v) is 8.64. The lowest BCUT2D eigenvalue weighted by molar-refractivity contribution is 0.0685. The molecular weight excluding hydrogens is 216 g/mol. The number of amides is 2. The van der Waals surface area contributed by atoms with Crippen LogP contribution in [-0.4, -0.2) is 28.0 Å². The van der Waals surface area contributed by atoms with Crippen LogP contribution < -0.4 is 11.2 Å². The van der Waals surface area contributed by atoms with Crippen LogP contribution in [0.15, 0.2) is 9.62 Å². The highest BCUT2D eigenvalue weighted by Gasteiger charge is 2.21. The lowest BCUT2D eigenvalue weighted by Gasteiger charge is -1.99. The van der Waals surface area contributed by atoms with E-state index in [1.165, 1.54) is 13.8 Å². The predicted octanol–water partition coefficient (Wildman–Crippen LogP) is 0.0735. The van der Waals surface area contributed by atoms with E-state index in [1.807, 2.05) is 5.43 Å². The summed E-state index contributed by atoms with van der Waals surface area (Å²) in [6.45, 7) is 3.04. The fourth-order valence-electron chi connectivity index (χ4n) is 1.14. The fourth-order valence-corrected chi connectivity index (χ4v) is 1.14. The van der Waals surface area contributed by atoms with Gasteiger partial charge in [0.1, 0.15) is 5.76 Å². The molecule has 86 valence electrons. The molecule has 0 aliphatic heterocycles. The summed E-state index contributed by atoms with van der Waals surface area (Å²) in [7, 11) is 0. The van der Waals surface area contributed by atoms with Gasteiger partial charge in [-0.05, 0) is 13.8 Å². The van der Waals surface area contributed by atoms with Crippen molar-refractivity contribution in [2.45, 2.75) is 13.8 Å². The van der Waals surface area contributed by atoms with E-state index in [1.54, 1.807) is 0 Å². The van der Waals surface area contributed by atoms with Crippen molar-refractivity contribution in [1.29, 1.82) is 0 Å². The highest BCUT2D eigenvalue weighted by molar-refractivity contribution is 6.07. The normalized spacial score (nSPS) is 11.2. The number of aromatic nitrogens is 1. The summed E-state index contributed by atoms with van der Waals surface area (Å²) in [5.74, 6) is -0.939. The molecule has 16 heavy (non-hydrogen) atoms. The number of carboxylic acids is 1. The Kier molecular flexibility index (Phi) is 3.24. The average Bonchev–Trinajstić information content (AvgIpc) is 2.56. The van der Waals surface area contributed by atoms with Crippen molar-refractivity contribution in [3.8, 4) is 0 Å². The molecule has 0 saturated carbocycles. The largest absolute Gasteiger partial charge is 0.476 e. The van der Waals surface area contributed by atoms with E-state index in [2.05, 4.69) is 10.3 Å². The predicted molar refractivity (Wildman–Crippen MR) is 53.1 cm³/mol. The van der Waals surface area contributed by atoms with Crippen molar-refractivity contribution in [3.63, 3.8) is 0 Å². The number of urea groups is 1. The van der Waals surface area contributed by atoms with Gasteiger partial charge in [-0.15, -0.1) is 0 Å². The van der Waals surface area contributed by atoms with Crippen molar-refractivity contribution in [1.82, 2.24) is 10.6 Å². The summed E-state index contributed by atoms with van der Waals surface area (Å²) in [5, 5.41) is 15.8. The quantitative estimate of drug-likeness (QED) is 0.495. The van der Waals surface area contributed by atoms with E-state index in [9.17, 15) is 9.59 Å². The molecule has 0 aliphatic carbocycles. The number of hydrogen-bond donors (Lipinski definition) is 3. The van der Waals surface area contributed by atoms with E-state index in [0.29, 0.717) is 5.76 Å². The smallest absolute Gasteiger partial charge is 0.358 e. The Balaban J connectivity index is 3.11. The summed E-state index contributed by atoms with van der Waals surface area (Å²) in [6.07, 6.45) is 0. The molecule has 0 aliphatic rings. The minimum atomic E-state index is -1.24. The van der Waals surface area contributed by atoms with Crippen LogP contribution in [0.2, 0.25) is 0 Å².